The number of nitrogens with zero attached hydrogens (tertiary/aromatic N) is 4. The van der Waals surface area contributed by atoms with Crippen molar-refractivity contribution in [1.82, 2.24) is 24.9 Å². The van der Waals surface area contributed by atoms with Gasteiger partial charge >= 0.3 is 0 Å². The minimum Gasteiger partial charge on any atom is -0.308 e. The lowest BCUT2D eigenvalue weighted by Crippen LogP contribution is -2.19. The molecule has 0 amide bonds. The molecule has 0 aliphatic carbocycles. The average Bonchev–Trinajstić information content (AvgIpc) is 2.82. The van der Waals surface area contributed by atoms with E-state index >= 15 is 0 Å². The third-order valence-corrected chi connectivity index (χ3v) is 3.36. The van der Waals surface area contributed by atoms with Gasteiger partial charge in [0.15, 0.2) is 0 Å². The summed E-state index contributed by atoms with van der Waals surface area (Å²) in [5.74, 6) is 0. The van der Waals surface area contributed by atoms with Crippen molar-refractivity contribution in [3.05, 3.63) is 34.9 Å². The first kappa shape index (κ1) is 14.8. The highest BCUT2D eigenvalue weighted by Crippen LogP contribution is 2.24. The van der Waals surface area contributed by atoms with Gasteiger partial charge in [-0.1, -0.05) is 20.8 Å². The topological polar surface area (TPSA) is 47.7 Å². The maximum atomic E-state index is 4.59. The molecule has 5 nitrogen and oxygen atoms in total. The van der Waals surface area contributed by atoms with Crippen LogP contribution in [0.4, 0.5) is 0 Å². The zero-order valence-corrected chi connectivity index (χ0v) is 13.4. The van der Waals surface area contributed by atoms with Crippen LogP contribution in [0.1, 0.15) is 43.3 Å². The van der Waals surface area contributed by atoms with E-state index < -0.39 is 0 Å². The summed E-state index contributed by atoms with van der Waals surface area (Å²) in [5, 5.41) is 12.4. The van der Waals surface area contributed by atoms with E-state index in [-0.39, 0.29) is 5.41 Å². The fraction of sp³-hybridized carbons (Fsp3) is 0.600. The van der Waals surface area contributed by atoms with E-state index in [4.69, 9.17) is 0 Å². The fourth-order valence-corrected chi connectivity index (χ4v) is 2.45. The Bertz CT molecular complexity index is 586. The molecule has 0 radical (unpaired) electrons. The number of hydrogen-bond donors (Lipinski definition) is 1. The van der Waals surface area contributed by atoms with Crippen molar-refractivity contribution in [2.24, 2.45) is 14.1 Å². The molecule has 2 aromatic rings. The summed E-state index contributed by atoms with van der Waals surface area (Å²) in [4.78, 5) is 0. The molecule has 0 unspecified atom stereocenters. The molecule has 5 heteroatoms. The van der Waals surface area contributed by atoms with Crippen LogP contribution in [-0.4, -0.2) is 19.6 Å². The van der Waals surface area contributed by atoms with E-state index in [1.807, 2.05) is 30.4 Å². The smallest absolute Gasteiger partial charge is 0.0722 e. The largest absolute Gasteiger partial charge is 0.308 e. The molecule has 0 saturated carbocycles. The van der Waals surface area contributed by atoms with E-state index in [1.165, 1.54) is 11.1 Å². The number of aromatic nitrogens is 4. The highest BCUT2D eigenvalue weighted by molar-refractivity contribution is 5.24. The number of rotatable bonds is 4. The molecule has 0 saturated heterocycles. The standard InChI is InChI=1S/C15H25N5/c1-11-12(9-19(5)17-11)7-16-8-13-10-20(6)18-14(13)15(2,3)4/h9-10,16H,7-8H2,1-6H3. The maximum absolute atomic E-state index is 4.59. The monoisotopic (exact) mass is 275 g/mol. The second-order valence-electron chi connectivity index (χ2n) is 6.44. The molecule has 0 aliphatic heterocycles. The Balaban J connectivity index is 2.03. The van der Waals surface area contributed by atoms with Crippen LogP contribution in [0.2, 0.25) is 0 Å². The molecule has 110 valence electrons. The minimum absolute atomic E-state index is 0.0719. The first-order valence-electron chi connectivity index (χ1n) is 7.00. The van der Waals surface area contributed by atoms with Gasteiger partial charge in [-0.25, -0.2) is 0 Å². The van der Waals surface area contributed by atoms with Crippen LogP contribution in [0.25, 0.3) is 0 Å². The van der Waals surface area contributed by atoms with Gasteiger partial charge in [-0.05, 0) is 6.92 Å². The predicted molar refractivity (Wildman–Crippen MR) is 80.4 cm³/mol. The summed E-state index contributed by atoms with van der Waals surface area (Å²) in [6.45, 7) is 10.3. The van der Waals surface area contributed by atoms with Gasteiger partial charge in [0.25, 0.3) is 0 Å². The van der Waals surface area contributed by atoms with Gasteiger partial charge < -0.3 is 5.32 Å². The van der Waals surface area contributed by atoms with Crippen LogP contribution >= 0.6 is 0 Å². The van der Waals surface area contributed by atoms with Crippen LogP contribution in [-0.2, 0) is 32.6 Å². The second-order valence-corrected chi connectivity index (χ2v) is 6.44. The molecular weight excluding hydrogens is 250 g/mol. The quantitative estimate of drug-likeness (QED) is 0.929. The summed E-state index contributed by atoms with van der Waals surface area (Å²) in [5.41, 5.74) is 4.83. The molecule has 0 bridgehead atoms. The third kappa shape index (κ3) is 3.28. The Morgan fingerprint density at radius 1 is 1.00 bits per heavy atom. The molecule has 0 spiro atoms. The van der Waals surface area contributed by atoms with Gasteiger partial charge in [-0.15, -0.1) is 0 Å². The molecule has 0 aliphatic rings. The molecule has 1 N–H and O–H groups in total. The van der Waals surface area contributed by atoms with Gasteiger partial charge in [0, 0.05) is 56.1 Å². The lowest BCUT2D eigenvalue weighted by atomic mass is 9.89. The van der Waals surface area contributed by atoms with Gasteiger partial charge in [-0.2, -0.15) is 10.2 Å². The Kier molecular flexibility index (Phi) is 3.99. The molecule has 0 fully saturated rings. The van der Waals surface area contributed by atoms with E-state index in [9.17, 15) is 0 Å². The van der Waals surface area contributed by atoms with Gasteiger partial charge in [0.1, 0.15) is 0 Å². The fourth-order valence-electron chi connectivity index (χ4n) is 2.45. The summed E-state index contributed by atoms with van der Waals surface area (Å²) in [6, 6.07) is 0. The summed E-state index contributed by atoms with van der Waals surface area (Å²) >= 11 is 0. The Hall–Kier alpha value is -1.62. The molecule has 0 aromatic carbocycles. The highest BCUT2D eigenvalue weighted by atomic mass is 15.3. The number of hydrogen-bond acceptors (Lipinski definition) is 3. The molecule has 2 aromatic heterocycles. The third-order valence-electron chi connectivity index (χ3n) is 3.36. The Morgan fingerprint density at radius 3 is 2.10 bits per heavy atom. The van der Waals surface area contributed by atoms with Crippen molar-refractivity contribution in [3.8, 4) is 0 Å². The van der Waals surface area contributed by atoms with E-state index in [1.54, 1.807) is 0 Å². The van der Waals surface area contributed by atoms with Crippen molar-refractivity contribution in [3.63, 3.8) is 0 Å². The lowest BCUT2D eigenvalue weighted by molar-refractivity contribution is 0.543. The van der Waals surface area contributed by atoms with Crippen LogP contribution in [0.5, 0.6) is 0 Å². The van der Waals surface area contributed by atoms with Crippen LogP contribution in [0.15, 0.2) is 12.4 Å². The molecule has 2 heterocycles. The van der Waals surface area contributed by atoms with Crippen LogP contribution in [0.3, 0.4) is 0 Å². The lowest BCUT2D eigenvalue weighted by Gasteiger charge is -2.17. The predicted octanol–water partition coefficient (Wildman–Crippen LogP) is 2.05. The second kappa shape index (κ2) is 5.40. The van der Waals surface area contributed by atoms with Crippen molar-refractivity contribution < 1.29 is 0 Å². The Morgan fingerprint density at radius 2 is 1.55 bits per heavy atom. The Labute approximate surface area is 121 Å². The highest BCUT2D eigenvalue weighted by Gasteiger charge is 2.21. The van der Waals surface area contributed by atoms with E-state index in [0.717, 1.165) is 24.5 Å². The average molecular weight is 275 g/mol. The number of aryl methyl sites for hydroxylation is 3. The van der Waals surface area contributed by atoms with Crippen molar-refractivity contribution >= 4 is 0 Å². The zero-order valence-electron chi connectivity index (χ0n) is 13.4. The maximum Gasteiger partial charge on any atom is 0.0722 e. The minimum atomic E-state index is 0.0719. The normalized spacial score (nSPS) is 12.1. The first-order chi connectivity index (χ1) is 9.27. The molecule has 0 atom stereocenters. The van der Waals surface area contributed by atoms with Crippen LogP contribution < -0.4 is 5.32 Å². The molecule has 2 rings (SSSR count). The van der Waals surface area contributed by atoms with Gasteiger partial charge in [0.05, 0.1) is 11.4 Å². The SMILES string of the molecule is Cc1nn(C)cc1CNCc1cn(C)nc1C(C)(C)C. The van der Waals surface area contributed by atoms with Crippen molar-refractivity contribution in [1.29, 1.82) is 0 Å². The first-order valence-corrected chi connectivity index (χ1v) is 7.00. The summed E-state index contributed by atoms with van der Waals surface area (Å²) in [6.07, 6.45) is 4.17. The van der Waals surface area contributed by atoms with E-state index in [2.05, 4.69) is 48.7 Å². The van der Waals surface area contributed by atoms with Crippen molar-refractivity contribution in [2.75, 3.05) is 0 Å². The molecular formula is C15H25N5. The summed E-state index contributed by atoms with van der Waals surface area (Å²) < 4.78 is 3.75. The van der Waals surface area contributed by atoms with E-state index in [0.29, 0.717) is 0 Å². The summed E-state index contributed by atoms with van der Waals surface area (Å²) in [7, 11) is 3.93. The molecule has 20 heavy (non-hydrogen) atoms. The van der Waals surface area contributed by atoms with Gasteiger partial charge in [0.2, 0.25) is 0 Å². The van der Waals surface area contributed by atoms with Gasteiger partial charge in [-0.3, -0.25) is 9.36 Å². The van der Waals surface area contributed by atoms with Crippen LogP contribution in [0, 0.1) is 6.92 Å². The van der Waals surface area contributed by atoms with Crippen molar-refractivity contribution in [2.45, 2.75) is 46.2 Å². The number of nitrogens with one attached hydrogen (secondary N) is 1. The zero-order chi connectivity index (χ0) is 14.9.